The standard InChI is InChI=1S/C15H12Br2O2/c16-12-6-7-15(14(17)9-12)19-10-13(18)8-11-4-2-1-3-5-11/h1-7,9H,8,10H2. The lowest BCUT2D eigenvalue weighted by atomic mass is 10.1. The molecule has 0 atom stereocenters. The molecule has 0 aliphatic carbocycles. The summed E-state index contributed by atoms with van der Waals surface area (Å²) in [6, 6.07) is 15.2. The number of ether oxygens (including phenoxy) is 1. The number of benzene rings is 2. The summed E-state index contributed by atoms with van der Waals surface area (Å²) < 4.78 is 7.30. The average Bonchev–Trinajstić information content (AvgIpc) is 2.39. The molecule has 4 heteroatoms. The third-order valence-electron chi connectivity index (χ3n) is 2.53. The average molecular weight is 384 g/mol. The van der Waals surface area contributed by atoms with Crippen LogP contribution in [-0.4, -0.2) is 12.4 Å². The van der Waals surface area contributed by atoms with Crippen LogP contribution in [0.15, 0.2) is 57.5 Å². The van der Waals surface area contributed by atoms with E-state index in [0.29, 0.717) is 12.2 Å². The van der Waals surface area contributed by atoms with Crippen LogP contribution in [0.4, 0.5) is 0 Å². The summed E-state index contributed by atoms with van der Waals surface area (Å²) in [6.07, 6.45) is 0.398. The van der Waals surface area contributed by atoms with Gasteiger partial charge in [-0.25, -0.2) is 0 Å². The summed E-state index contributed by atoms with van der Waals surface area (Å²) in [7, 11) is 0. The van der Waals surface area contributed by atoms with E-state index >= 15 is 0 Å². The molecule has 0 amide bonds. The third kappa shape index (κ3) is 4.48. The van der Waals surface area contributed by atoms with Gasteiger partial charge in [0.05, 0.1) is 4.47 Å². The number of Topliss-reactive ketones (excluding diaryl/α,β-unsaturated/α-hetero) is 1. The van der Waals surface area contributed by atoms with Gasteiger partial charge < -0.3 is 4.74 Å². The zero-order chi connectivity index (χ0) is 13.7. The van der Waals surface area contributed by atoms with Crippen LogP contribution in [0.5, 0.6) is 5.75 Å². The van der Waals surface area contributed by atoms with Crippen molar-refractivity contribution in [2.24, 2.45) is 0 Å². The Morgan fingerprint density at radius 1 is 1.05 bits per heavy atom. The van der Waals surface area contributed by atoms with E-state index < -0.39 is 0 Å². The van der Waals surface area contributed by atoms with Gasteiger partial charge in [-0.15, -0.1) is 0 Å². The Morgan fingerprint density at radius 3 is 2.47 bits per heavy atom. The molecule has 0 saturated carbocycles. The van der Waals surface area contributed by atoms with Crippen molar-refractivity contribution in [3.05, 3.63) is 63.0 Å². The molecule has 0 spiro atoms. The predicted octanol–water partition coefficient (Wildman–Crippen LogP) is 4.40. The number of rotatable bonds is 5. The molecule has 2 aromatic carbocycles. The molecule has 0 N–H and O–H groups in total. The van der Waals surface area contributed by atoms with Crippen molar-refractivity contribution >= 4 is 37.6 Å². The van der Waals surface area contributed by atoms with E-state index in [1.54, 1.807) is 0 Å². The number of carbonyl (C=O) groups excluding carboxylic acids is 1. The van der Waals surface area contributed by atoms with Gasteiger partial charge >= 0.3 is 0 Å². The summed E-state index contributed by atoms with van der Waals surface area (Å²) in [5, 5.41) is 0. The first-order chi connectivity index (χ1) is 9.15. The third-order valence-corrected chi connectivity index (χ3v) is 3.64. The first-order valence-corrected chi connectivity index (χ1v) is 7.37. The number of carbonyl (C=O) groups is 1. The van der Waals surface area contributed by atoms with Crippen molar-refractivity contribution in [3.8, 4) is 5.75 Å². The molecule has 0 heterocycles. The SMILES string of the molecule is O=C(COc1ccc(Br)cc1Br)Cc1ccccc1. The second-order valence-corrected chi connectivity index (χ2v) is 5.83. The predicted molar refractivity (Wildman–Crippen MR) is 82.5 cm³/mol. The van der Waals surface area contributed by atoms with Gasteiger partial charge in [0.25, 0.3) is 0 Å². The molecule has 0 radical (unpaired) electrons. The second kappa shape index (κ2) is 6.87. The maximum absolute atomic E-state index is 11.8. The lowest BCUT2D eigenvalue weighted by Crippen LogP contribution is -2.13. The van der Waals surface area contributed by atoms with E-state index in [0.717, 1.165) is 14.5 Å². The lowest BCUT2D eigenvalue weighted by Gasteiger charge is -2.08. The number of hydrogen-bond acceptors (Lipinski definition) is 2. The van der Waals surface area contributed by atoms with Gasteiger partial charge in [0.2, 0.25) is 0 Å². The molecule has 0 aromatic heterocycles. The molecule has 0 aliphatic rings. The summed E-state index contributed by atoms with van der Waals surface area (Å²) in [5.74, 6) is 0.727. The molecule has 0 aliphatic heterocycles. The van der Waals surface area contributed by atoms with Gasteiger partial charge in [-0.1, -0.05) is 46.3 Å². The fourth-order valence-electron chi connectivity index (χ4n) is 1.63. The molecule has 2 nitrogen and oxygen atoms in total. The molecule has 19 heavy (non-hydrogen) atoms. The first-order valence-electron chi connectivity index (χ1n) is 5.78. The number of ketones is 1. The Bertz CT molecular complexity index is 568. The minimum absolute atomic E-state index is 0.0565. The highest BCUT2D eigenvalue weighted by Crippen LogP contribution is 2.28. The Hall–Kier alpha value is -1.13. The lowest BCUT2D eigenvalue weighted by molar-refractivity contribution is -0.120. The number of hydrogen-bond donors (Lipinski definition) is 0. The van der Waals surface area contributed by atoms with E-state index in [-0.39, 0.29) is 12.4 Å². The van der Waals surface area contributed by atoms with Crippen LogP contribution in [0.25, 0.3) is 0 Å². The fourth-order valence-corrected chi connectivity index (χ4v) is 2.79. The zero-order valence-electron chi connectivity index (χ0n) is 10.1. The van der Waals surface area contributed by atoms with Gasteiger partial charge in [0.15, 0.2) is 5.78 Å². The van der Waals surface area contributed by atoms with E-state index in [1.165, 1.54) is 0 Å². The first kappa shape index (κ1) is 14.3. The van der Waals surface area contributed by atoms with E-state index in [9.17, 15) is 4.79 Å². The minimum atomic E-state index is 0.0565. The Balaban J connectivity index is 1.90. The molecule has 2 rings (SSSR count). The van der Waals surface area contributed by atoms with Gasteiger partial charge in [-0.05, 0) is 39.7 Å². The summed E-state index contributed by atoms with van der Waals surface area (Å²) in [6.45, 7) is 0.0785. The number of halogens is 2. The monoisotopic (exact) mass is 382 g/mol. The highest BCUT2D eigenvalue weighted by atomic mass is 79.9. The van der Waals surface area contributed by atoms with Crippen molar-refractivity contribution in [1.82, 2.24) is 0 Å². The van der Waals surface area contributed by atoms with Crippen LogP contribution in [0.1, 0.15) is 5.56 Å². The van der Waals surface area contributed by atoms with Crippen molar-refractivity contribution in [1.29, 1.82) is 0 Å². The summed E-state index contributed by atoms with van der Waals surface area (Å²) >= 11 is 6.77. The smallest absolute Gasteiger partial charge is 0.174 e. The highest BCUT2D eigenvalue weighted by Gasteiger charge is 2.07. The highest BCUT2D eigenvalue weighted by molar-refractivity contribution is 9.11. The fraction of sp³-hybridized carbons (Fsp3) is 0.133. The van der Waals surface area contributed by atoms with Gasteiger partial charge in [-0.3, -0.25) is 4.79 Å². The normalized spacial score (nSPS) is 10.2. The van der Waals surface area contributed by atoms with Crippen LogP contribution >= 0.6 is 31.9 Å². The van der Waals surface area contributed by atoms with Crippen molar-refractivity contribution in [2.45, 2.75) is 6.42 Å². The Labute approximate surface area is 129 Å². The maximum Gasteiger partial charge on any atom is 0.174 e. The van der Waals surface area contributed by atoms with Crippen molar-refractivity contribution < 1.29 is 9.53 Å². The van der Waals surface area contributed by atoms with E-state index in [2.05, 4.69) is 31.9 Å². The topological polar surface area (TPSA) is 26.3 Å². The Kier molecular flexibility index (Phi) is 5.16. The molecular weight excluding hydrogens is 372 g/mol. The van der Waals surface area contributed by atoms with E-state index in [4.69, 9.17) is 4.74 Å². The van der Waals surface area contributed by atoms with Crippen LogP contribution in [-0.2, 0) is 11.2 Å². The van der Waals surface area contributed by atoms with Gasteiger partial charge in [-0.2, -0.15) is 0 Å². The Morgan fingerprint density at radius 2 is 1.79 bits per heavy atom. The summed E-state index contributed by atoms with van der Waals surface area (Å²) in [5.41, 5.74) is 1.01. The second-order valence-electron chi connectivity index (χ2n) is 4.06. The maximum atomic E-state index is 11.8. The van der Waals surface area contributed by atoms with Crippen LogP contribution < -0.4 is 4.74 Å². The van der Waals surface area contributed by atoms with Gasteiger partial charge in [0, 0.05) is 10.9 Å². The molecule has 98 valence electrons. The van der Waals surface area contributed by atoms with Crippen LogP contribution in [0.2, 0.25) is 0 Å². The van der Waals surface area contributed by atoms with Crippen LogP contribution in [0.3, 0.4) is 0 Å². The largest absolute Gasteiger partial charge is 0.485 e. The van der Waals surface area contributed by atoms with Crippen molar-refractivity contribution in [2.75, 3.05) is 6.61 Å². The molecular formula is C15H12Br2O2. The molecule has 0 unspecified atom stereocenters. The minimum Gasteiger partial charge on any atom is -0.485 e. The summed E-state index contributed by atoms with van der Waals surface area (Å²) in [4.78, 5) is 11.8. The quantitative estimate of drug-likeness (QED) is 0.764. The van der Waals surface area contributed by atoms with Gasteiger partial charge in [0.1, 0.15) is 12.4 Å². The molecule has 2 aromatic rings. The van der Waals surface area contributed by atoms with E-state index in [1.807, 2.05) is 48.5 Å². The molecule has 0 saturated heterocycles. The van der Waals surface area contributed by atoms with Crippen LogP contribution in [0, 0.1) is 0 Å². The van der Waals surface area contributed by atoms with Crippen molar-refractivity contribution in [3.63, 3.8) is 0 Å². The molecule has 0 bridgehead atoms. The molecule has 0 fully saturated rings. The zero-order valence-corrected chi connectivity index (χ0v) is 13.3.